The minimum Gasteiger partial charge on any atom is -0.486 e. The summed E-state index contributed by atoms with van der Waals surface area (Å²) in [5.74, 6) is 1.57. The summed E-state index contributed by atoms with van der Waals surface area (Å²) in [5.41, 5.74) is 1.94. The number of benzene rings is 1. The van der Waals surface area contributed by atoms with Gasteiger partial charge in [0.2, 0.25) is 0 Å². The molecular formula is C13H16O3. The van der Waals surface area contributed by atoms with Crippen molar-refractivity contribution >= 4 is 6.08 Å². The van der Waals surface area contributed by atoms with E-state index in [0.717, 1.165) is 22.6 Å². The highest BCUT2D eigenvalue weighted by Crippen LogP contribution is 2.31. The summed E-state index contributed by atoms with van der Waals surface area (Å²) in [5, 5.41) is 9.40. The topological polar surface area (TPSA) is 38.7 Å². The molecule has 0 amide bonds. The van der Waals surface area contributed by atoms with Gasteiger partial charge in [-0.3, -0.25) is 0 Å². The largest absolute Gasteiger partial charge is 0.486 e. The molecule has 0 spiro atoms. The number of hydrogen-bond acceptors (Lipinski definition) is 3. The van der Waals surface area contributed by atoms with Crippen molar-refractivity contribution in [1.82, 2.24) is 0 Å². The SMILES string of the molecule is C/C(=C\c1ccc2c(c1)OCCO2)C(C)O. The van der Waals surface area contributed by atoms with Crippen molar-refractivity contribution in [3.8, 4) is 11.5 Å². The molecule has 3 nitrogen and oxygen atoms in total. The monoisotopic (exact) mass is 220 g/mol. The Kier molecular flexibility index (Phi) is 3.15. The van der Waals surface area contributed by atoms with Crippen LogP contribution in [-0.2, 0) is 0 Å². The Bertz CT molecular complexity index is 408. The number of rotatable bonds is 2. The van der Waals surface area contributed by atoms with Gasteiger partial charge >= 0.3 is 0 Å². The summed E-state index contributed by atoms with van der Waals surface area (Å²) in [6.07, 6.45) is 1.52. The second-order valence-electron chi connectivity index (χ2n) is 3.97. The third kappa shape index (κ3) is 2.36. The van der Waals surface area contributed by atoms with Crippen molar-refractivity contribution in [3.63, 3.8) is 0 Å². The minimum atomic E-state index is -0.423. The van der Waals surface area contributed by atoms with Crippen molar-refractivity contribution in [2.75, 3.05) is 13.2 Å². The fraction of sp³-hybridized carbons (Fsp3) is 0.385. The van der Waals surface area contributed by atoms with Gasteiger partial charge in [-0.25, -0.2) is 0 Å². The van der Waals surface area contributed by atoms with Gasteiger partial charge in [-0.1, -0.05) is 12.1 Å². The maximum absolute atomic E-state index is 9.40. The molecule has 86 valence electrons. The van der Waals surface area contributed by atoms with Crippen molar-refractivity contribution in [2.24, 2.45) is 0 Å². The molecule has 1 aliphatic heterocycles. The van der Waals surface area contributed by atoms with Crippen LogP contribution in [0.4, 0.5) is 0 Å². The van der Waals surface area contributed by atoms with Crippen LogP contribution < -0.4 is 9.47 Å². The molecule has 3 heteroatoms. The van der Waals surface area contributed by atoms with Crippen LogP contribution in [0.25, 0.3) is 6.08 Å². The maximum Gasteiger partial charge on any atom is 0.161 e. The molecule has 0 fully saturated rings. The lowest BCUT2D eigenvalue weighted by Crippen LogP contribution is -2.15. The minimum absolute atomic E-state index is 0.423. The predicted octanol–water partition coefficient (Wildman–Crippen LogP) is 2.24. The van der Waals surface area contributed by atoms with Crippen LogP contribution in [0.2, 0.25) is 0 Å². The van der Waals surface area contributed by atoms with E-state index < -0.39 is 6.10 Å². The second-order valence-corrected chi connectivity index (χ2v) is 3.97. The standard InChI is InChI=1S/C13H16O3/c1-9(10(2)14)7-11-3-4-12-13(8-11)16-6-5-15-12/h3-4,7-8,10,14H,5-6H2,1-2H3/b9-7+. The predicted molar refractivity (Wildman–Crippen MR) is 62.8 cm³/mol. The van der Waals surface area contributed by atoms with E-state index in [1.807, 2.05) is 31.2 Å². The highest BCUT2D eigenvalue weighted by atomic mass is 16.6. The first-order valence-electron chi connectivity index (χ1n) is 5.43. The molecule has 1 aromatic carbocycles. The van der Waals surface area contributed by atoms with Gasteiger partial charge < -0.3 is 14.6 Å². The van der Waals surface area contributed by atoms with E-state index in [1.165, 1.54) is 0 Å². The first kappa shape index (κ1) is 11.0. The molecule has 0 saturated carbocycles. The average molecular weight is 220 g/mol. The molecule has 1 unspecified atom stereocenters. The average Bonchev–Trinajstić information content (AvgIpc) is 2.28. The van der Waals surface area contributed by atoms with Crippen molar-refractivity contribution in [2.45, 2.75) is 20.0 Å². The summed E-state index contributed by atoms with van der Waals surface area (Å²) in [4.78, 5) is 0. The number of aliphatic hydroxyl groups is 1. The van der Waals surface area contributed by atoms with Crippen molar-refractivity contribution in [3.05, 3.63) is 29.3 Å². The fourth-order valence-electron chi connectivity index (χ4n) is 1.53. The van der Waals surface area contributed by atoms with Crippen LogP contribution >= 0.6 is 0 Å². The van der Waals surface area contributed by atoms with Crippen molar-refractivity contribution < 1.29 is 14.6 Å². The molecular weight excluding hydrogens is 204 g/mol. The Morgan fingerprint density at radius 1 is 1.31 bits per heavy atom. The molecule has 0 aliphatic carbocycles. The van der Waals surface area contributed by atoms with Crippen LogP contribution in [-0.4, -0.2) is 24.4 Å². The number of hydrogen-bond donors (Lipinski definition) is 1. The van der Waals surface area contributed by atoms with E-state index in [4.69, 9.17) is 9.47 Å². The molecule has 0 radical (unpaired) electrons. The Hall–Kier alpha value is -1.48. The first-order valence-corrected chi connectivity index (χ1v) is 5.43. The molecule has 1 aromatic rings. The van der Waals surface area contributed by atoms with Gasteiger partial charge in [0.15, 0.2) is 11.5 Å². The molecule has 1 N–H and O–H groups in total. The van der Waals surface area contributed by atoms with Gasteiger partial charge in [0.25, 0.3) is 0 Å². The van der Waals surface area contributed by atoms with Crippen LogP contribution in [0, 0.1) is 0 Å². The van der Waals surface area contributed by atoms with E-state index in [2.05, 4.69) is 0 Å². The summed E-state index contributed by atoms with van der Waals surface area (Å²) >= 11 is 0. The van der Waals surface area contributed by atoms with Gasteiger partial charge in [0, 0.05) is 0 Å². The maximum atomic E-state index is 9.40. The zero-order valence-electron chi connectivity index (χ0n) is 9.56. The number of fused-ring (bicyclic) bond motifs is 1. The lowest BCUT2D eigenvalue weighted by atomic mass is 10.1. The van der Waals surface area contributed by atoms with E-state index in [9.17, 15) is 5.11 Å². The highest BCUT2D eigenvalue weighted by molar-refractivity contribution is 5.58. The molecule has 0 aromatic heterocycles. The lowest BCUT2D eigenvalue weighted by molar-refractivity contribution is 0.171. The summed E-state index contributed by atoms with van der Waals surface area (Å²) < 4.78 is 10.9. The number of aliphatic hydroxyl groups excluding tert-OH is 1. The lowest BCUT2D eigenvalue weighted by Gasteiger charge is -2.18. The van der Waals surface area contributed by atoms with Crippen LogP contribution in [0.1, 0.15) is 19.4 Å². The summed E-state index contributed by atoms with van der Waals surface area (Å²) in [7, 11) is 0. The highest BCUT2D eigenvalue weighted by Gasteiger charge is 2.11. The Morgan fingerprint density at radius 2 is 2.00 bits per heavy atom. The van der Waals surface area contributed by atoms with Gasteiger partial charge in [-0.05, 0) is 37.1 Å². The molecule has 1 aliphatic rings. The van der Waals surface area contributed by atoms with Gasteiger partial charge in [0.05, 0.1) is 6.10 Å². The van der Waals surface area contributed by atoms with Crippen LogP contribution in [0.3, 0.4) is 0 Å². The van der Waals surface area contributed by atoms with Crippen LogP contribution in [0.15, 0.2) is 23.8 Å². The smallest absolute Gasteiger partial charge is 0.161 e. The van der Waals surface area contributed by atoms with Gasteiger partial charge in [-0.15, -0.1) is 0 Å². The zero-order valence-corrected chi connectivity index (χ0v) is 9.56. The summed E-state index contributed by atoms with van der Waals surface area (Å²) in [6.45, 7) is 4.86. The molecule has 0 saturated heterocycles. The Balaban J connectivity index is 2.27. The summed E-state index contributed by atoms with van der Waals surface area (Å²) in [6, 6.07) is 5.79. The molecule has 1 heterocycles. The fourth-order valence-corrected chi connectivity index (χ4v) is 1.53. The quantitative estimate of drug-likeness (QED) is 0.830. The molecule has 16 heavy (non-hydrogen) atoms. The third-order valence-corrected chi connectivity index (χ3v) is 2.62. The Labute approximate surface area is 95.3 Å². The van der Waals surface area contributed by atoms with Crippen LogP contribution in [0.5, 0.6) is 11.5 Å². The van der Waals surface area contributed by atoms with E-state index in [1.54, 1.807) is 6.92 Å². The zero-order chi connectivity index (χ0) is 11.5. The van der Waals surface area contributed by atoms with Gasteiger partial charge in [-0.2, -0.15) is 0 Å². The second kappa shape index (κ2) is 4.58. The van der Waals surface area contributed by atoms with E-state index >= 15 is 0 Å². The third-order valence-electron chi connectivity index (χ3n) is 2.62. The molecule has 1 atom stereocenters. The van der Waals surface area contributed by atoms with Gasteiger partial charge in [0.1, 0.15) is 13.2 Å². The number of ether oxygens (including phenoxy) is 2. The van der Waals surface area contributed by atoms with E-state index in [-0.39, 0.29) is 0 Å². The van der Waals surface area contributed by atoms with Crippen molar-refractivity contribution in [1.29, 1.82) is 0 Å². The Morgan fingerprint density at radius 3 is 2.69 bits per heavy atom. The first-order chi connectivity index (χ1) is 7.66. The molecule has 0 bridgehead atoms. The van der Waals surface area contributed by atoms with E-state index in [0.29, 0.717) is 13.2 Å². The molecule has 2 rings (SSSR count). The normalized spacial score (nSPS) is 17.1.